The van der Waals surface area contributed by atoms with Crippen LogP contribution in [0.2, 0.25) is 0 Å². The summed E-state index contributed by atoms with van der Waals surface area (Å²) in [6.45, 7) is 5.00. The number of hydrogen-bond acceptors (Lipinski definition) is 2. The number of benzene rings is 1. The molecule has 1 fully saturated rings. The third kappa shape index (κ3) is 2.34. The van der Waals surface area contributed by atoms with Crippen molar-refractivity contribution in [2.45, 2.75) is 19.6 Å². The lowest BCUT2D eigenvalue weighted by molar-refractivity contribution is -0.0518. The molecule has 1 aromatic carbocycles. The minimum Gasteiger partial charge on any atom is -0.371 e. The fourth-order valence-corrected chi connectivity index (χ4v) is 1.65. The Bertz CT molecular complexity index is 288. The van der Waals surface area contributed by atoms with Crippen molar-refractivity contribution >= 4 is 0 Å². The van der Waals surface area contributed by atoms with Gasteiger partial charge in [0, 0.05) is 13.1 Å². The SMILES string of the molecule is Cc1ccc(COC2CN(C)C2)cc1. The van der Waals surface area contributed by atoms with Gasteiger partial charge < -0.3 is 9.64 Å². The van der Waals surface area contributed by atoms with Crippen molar-refractivity contribution in [3.05, 3.63) is 35.4 Å². The molecule has 0 N–H and O–H groups in total. The molecule has 2 nitrogen and oxygen atoms in total. The summed E-state index contributed by atoms with van der Waals surface area (Å²) in [5.74, 6) is 0. The highest BCUT2D eigenvalue weighted by Crippen LogP contribution is 2.12. The normalized spacial score (nSPS) is 18.1. The van der Waals surface area contributed by atoms with E-state index in [1.165, 1.54) is 11.1 Å². The minimum atomic E-state index is 0.446. The van der Waals surface area contributed by atoms with Gasteiger partial charge in [-0.3, -0.25) is 0 Å². The van der Waals surface area contributed by atoms with E-state index >= 15 is 0 Å². The van der Waals surface area contributed by atoms with Crippen molar-refractivity contribution < 1.29 is 4.74 Å². The van der Waals surface area contributed by atoms with Gasteiger partial charge >= 0.3 is 0 Å². The Morgan fingerprint density at radius 3 is 2.50 bits per heavy atom. The number of ether oxygens (including phenoxy) is 1. The monoisotopic (exact) mass is 191 g/mol. The second-order valence-corrected chi connectivity index (χ2v) is 4.14. The molecule has 1 aliphatic rings. The molecule has 1 aliphatic heterocycles. The Balaban J connectivity index is 1.78. The molecule has 76 valence electrons. The second-order valence-electron chi connectivity index (χ2n) is 4.14. The van der Waals surface area contributed by atoms with Gasteiger partial charge in [-0.2, -0.15) is 0 Å². The predicted molar refractivity (Wildman–Crippen MR) is 57.3 cm³/mol. The molecule has 2 rings (SSSR count). The fourth-order valence-electron chi connectivity index (χ4n) is 1.65. The first kappa shape index (κ1) is 9.69. The van der Waals surface area contributed by atoms with E-state index in [-0.39, 0.29) is 0 Å². The average Bonchev–Trinajstić information content (AvgIpc) is 2.13. The van der Waals surface area contributed by atoms with Gasteiger partial charge in [-0.25, -0.2) is 0 Å². The maximum absolute atomic E-state index is 5.73. The van der Waals surface area contributed by atoms with Gasteiger partial charge in [0.2, 0.25) is 0 Å². The Morgan fingerprint density at radius 1 is 1.29 bits per heavy atom. The Labute approximate surface area is 85.5 Å². The highest BCUT2D eigenvalue weighted by Gasteiger charge is 2.23. The molecule has 0 saturated carbocycles. The quantitative estimate of drug-likeness (QED) is 0.722. The lowest BCUT2D eigenvalue weighted by Gasteiger charge is -2.35. The highest BCUT2D eigenvalue weighted by molar-refractivity contribution is 5.20. The Morgan fingerprint density at radius 2 is 1.93 bits per heavy atom. The van der Waals surface area contributed by atoms with Gasteiger partial charge in [0.1, 0.15) is 0 Å². The Kier molecular flexibility index (Phi) is 2.85. The van der Waals surface area contributed by atoms with E-state index < -0.39 is 0 Å². The standard InChI is InChI=1S/C12H17NO/c1-10-3-5-11(6-4-10)9-14-12-7-13(2)8-12/h3-6,12H,7-9H2,1-2H3. The zero-order valence-corrected chi connectivity index (χ0v) is 8.86. The molecule has 0 amide bonds. The van der Waals surface area contributed by atoms with Crippen LogP contribution in [0.25, 0.3) is 0 Å². The summed E-state index contributed by atoms with van der Waals surface area (Å²) >= 11 is 0. The van der Waals surface area contributed by atoms with Crippen LogP contribution in [0.4, 0.5) is 0 Å². The van der Waals surface area contributed by atoms with Crippen LogP contribution >= 0.6 is 0 Å². The first-order chi connectivity index (χ1) is 6.74. The topological polar surface area (TPSA) is 12.5 Å². The summed E-state index contributed by atoms with van der Waals surface area (Å²) in [6.07, 6.45) is 0.446. The smallest absolute Gasteiger partial charge is 0.0832 e. The van der Waals surface area contributed by atoms with Gasteiger partial charge in [-0.15, -0.1) is 0 Å². The lowest BCUT2D eigenvalue weighted by Crippen LogP contribution is -2.49. The molecule has 1 aromatic rings. The summed E-state index contributed by atoms with van der Waals surface area (Å²) in [5, 5.41) is 0. The summed E-state index contributed by atoms with van der Waals surface area (Å²) in [6, 6.07) is 8.53. The zero-order valence-electron chi connectivity index (χ0n) is 8.86. The van der Waals surface area contributed by atoms with Gasteiger partial charge in [-0.1, -0.05) is 29.8 Å². The summed E-state index contributed by atoms with van der Waals surface area (Å²) in [7, 11) is 2.12. The zero-order chi connectivity index (χ0) is 9.97. The average molecular weight is 191 g/mol. The summed E-state index contributed by atoms with van der Waals surface area (Å²) < 4.78 is 5.73. The number of likely N-dealkylation sites (N-methyl/N-ethyl adjacent to an activating group) is 1. The van der Waals surface area contributed by atoms with Crippen molar-refractivity contribution in [3.63, 3.8) is 0 Å². The number of nitrogens with zero attached hydrogens (tertiary/aromatic N) is 1. The maximum atomic E-state index is 5.73. The van der Waals surface area contributed by atoms with E-state index in [0.717, 1.165) is 19.7 Å². The van der Waals surface area contributed by atoms with Gasteiger partial charge in [0.05, 0.1) is 12.7 Å². The molecule has 2 heteroatoms. The molecule has 0 unspecified atom stereocenters. The molecule has 14 heavy (non-hydrogen) atoms. The molecule has 1 heterocycles. The lowest BCUT2D eigenvalue weighted by atomic mass is 10.1. The van der Waals surface area contributed by atoms with Crippen molar-refractivity contribution in [2.24, 2.45) is 0 Å². The molecule has 0 bridgehead atoms. The van der Waals surface area contributed by atoms with Crippen LogP contribution < -0.4 is 0 Å². The molecule has 0 aromatic heterocycles. The van der Waals surface area contributed by atoms with Crippen LogP contribution in [0.15, 0.2) is 24.3 Å². The van der Waals surface area contributed by atoms with Crippen molar-refractivity contribution in [1.82, 2.24) is 4.90 Å². The third-order valence-electron chi connectivity index (χ3n) is 2.64. The minimum absolute atomic E-state index is 0.446. The van der Waals surface area contributed by atoms with E-state index in [4.69, 9.17) is 4.74 Å². The molecule has 0 radical (unpaired) electrons. The van der Waals surface area contributed by atoms with Crippen LogP contribution in [0.3, 0.4) is 0 Å². The van der Waals surface area contributed by atoms with Crippen LogP contribution in [-0.2, 0) is 11.3 Å². The van der Waals surface area contributed by atoms with Gasteiger partial charge in [0.15, 0.2) is 0 Å². The van der Waals surface area contributed by atoms with E-state index in [9.17, 15) is 0 Å². The van der Waals surface area contributed by atoms with E-state index in [1.807, 2.05) is 0 Å². The van der Waals surface area contributed by atoms with Crippen LogP contribution in [0.5, 0.6) is 0 Å². The van der Waals surface area contributed by atoms with Crippen molar-refractivity contribution in [1.29, 1.82) is 0 Å². The molecular weight excluding hydrogens is 174 g/mol. The van der Waals surface area contributed by atoms with E-state index in [2.05, 4.69) is 43.1 Å². The summed E-state index contributed by atoms with van der Waals surface area (Å²) in [5.41, 5.74) is 2.57. The van der Waals surface area contributed by atoms with Gasteiger partial charge in [-0.05, 0) is 19.5 Å². The predicted octanol–water partition coefficient (Wildman–Crippen LogP) is 1.83. The first-order valence-corrected chi connectivity index (χ1v) is 5.10. The highest BCUT2D eigenvalue weighted by atomic mass is 16.5. The molecule has 0 aliphatic carbocycles. The molecule has 0 atom stereocenters. The second kappa shape index (κ2) is 4.11. The van der Waals surface area contributed by atoms with E-state index in [1.54, 1.807) is 0 Å². The maximum Gasteiger partial charge on any atom is 0.0832 e. The van der Waals surface area contributed by atoms with Gasteiger partial charge in [0.25, 0.3) is 0 Å². The first-order valence-electron chi connectivity index (χ1n) is 5.10. The molecule has 0 spiro atoms. The van der Waals surface area contributed by atoms with Crippen LogP contribution in [-0.4, -0.2) is 31.1 Å². The Hall–Kier alpha value is -0.860. The number of likely N-dealkylation sites (tertiary alicyclic amines) is 1. The van der Waals surface area contributed by atoms with Crippen molar-refractivity contribution in [3.8, 4) is 0 Å². The van der Waals surface area contributed by atoms with Crippen LogP contribution in [0, 0.1) is 6.92 Å². The number of aryl methyl sites for hydroxylation is 1. The number of rotatable bonds is 3. The van der Waals surface area contributed by atoms with E-state index in [0.29, 0.717) is 6.10 Å². The van der Waals surface area contributed by atoms with Crippen LogP contribution in [0.1, 0.15) is 11.1 Å². The third-order valence-corrected chi connectivity index (χ3v) is 2.64. The molecule has 1 saturated heterocycles. The summed E-state index contributed by atoms with van der Waals surface area (Å²) in [4.78, 5) is 2.26. The number of hydrogen-bond donors (Lipinski definition) is 0. The largest absolute Gasteiger partial charge is 0.371 e. The molecular formula is C12H17NO. The van der Waals surface area contributed by atoms with Crippen molar-refractivity contribution in [2.75, 3.05) is 20.1 Å². The fraction of sp³-hybridized carbons (Fsp3) is 0.500.